The average molecular weight is 389 g/mol. The molecule has 5 nitrogen and oxygen atoms in total. The lowest BCUT2D eigenvalue weighted by Gasteiger charge is -2.12. The number of halogens is 2. The maximum absolute atomic E-state index is 6.19. The van der Waals surface area contributed by atoms with Gasteiger partial charge in [-0.3, -0.25) is 0 Å². The van der Waals surface area contributed by atoms with E-state index in [9.17, 15) is 0 Å². The summed E-state index contributed by atoms with van der Waals surface area (Å²) < 4.78 is 5.64. The second-order valence-corrected chi connectivity index (χ2v) is 6.59. The summed E-state index contributed by atoms with van der Waals surface area (Å²) in [5, 5.41) is 7.20. The number of ether oxygens (including phenoxy) is 1. The fourth-order valence-electron chi connectivity index (χ4n) is 2.25. The van der Waals surface area contributed by atoms with Crippen LogP contribution in [0.4, 0.5) is 23.1 Å². The summed E-state index contributed by atoms with van der Waals surface area (Å²) >= 11 is 12.2. The van der Waals surface area contributed by atoms with Crippen LogP contribution in [0.15, 0.2) is 54.7 Å². The predicted octanol–water partition coefficient (Wildman–Crippen LogP) is 6.06. The molecule has 26 heavy (non-hydrogen) atoms. The lowest BCUT2D eigenvalue weighted by molar-refractivity contribution is 0.242. The van der Waals surface area contributed by atoms with E-state index >= 15 is 0 Å². The molecule has 0 unspecified atom stereocenters. The molecule has 0 aliphatic rings. The quantitative estimate of drug-likeness (QED) is 0.537. The van der Waals surface area contributed by atoms with Crippen molar-refractivity contribution in [1.29, 1.82) is 0 Å². The van der Waals surface area contributed by atoms with Crippen LogP contribution in [0.2, 0.25) is 10.0 Å². The van der Waals surface area contributed by atoms with Crippen molar-refractivity contribution in [3.05, 3.63) is 64.8 Å². The van der Waals surface area contributed by atoms with Crippen LogP contribution in [0.3, 0.4) is 0 Å². The van der Waals surface area contributed by atoms with Crippen molar-refractivity contribution in [2.24, 2.45) is 0 Å². The summed E-state index contributed by atoms with van der Waals surface area (Å²) in [6.45, 7) is 3.99. The Morgan fingerprint density at radius 2 is 1.73 bits per heavy atom. The van der Waals surface area contributed by atoms with Gasteiger partial charge in [0.05, 0.1) is 21.8 Å². The number of rotatable bonds is 6. The molecule has 2 aromatic carbocycles. The predicted molar refractivity (Wildman–Crippen MR) is 107 cm³/mol. The van der Waals surface area contributed by atoms with E-state index in [1.165, 1.54) is 0 Å². The molecule has 0 aliphatic heterocycles. The van der Waals surface area contributed by atoms with Crippen LogP contribution < -0.4 is 15.4 Å². The summed E-state index contributed by atoms with van der Waals surface area (Å²) in [6.07, 6.45) is 1.80. The van der Waals surface area contributed by atoms with Gasteiger partial charge in [-0.2, -0.15) is 4.98 Å². The lowest BCUT2D eigenvalue weighted by Crippen LogP contribution is -2.05. The Bertz CT molecular complexity index is 885. The SMILES string of the molecule is CC(C)Oc1ccc(Nc2ccnc(Nc3cccc(Cl)c3Cl)n2)cc1. The highest BCUT2D eigenvalue weighted by Gasteiger charge is 2.07. The zero-order chi connectivity index (χ0) is 18.5. The van der Waals surface area contributed by atoms with Crippen LogP contribution in [0.1, 0.15) is 13.8 Å². The highest BCUT2D eigenvalue weighted by Crippen LogP contribution is 2.31. The fourth-order valence-corrected chi connectivity index (χ4v) is 2.59. The van der Waals surface area contributed by atoms with Crippen LogP contribution in [-0.4, -0.2) is 16.1 Å². The zero-order valence-electron chi connectivity index (χ0n) is 14.3. The standard InChI is InChI=1S/C19H18Cl2N4O/c1-12(2)26-14-8-6-13(7-9-14)23-17-10-11-22-19(25-17)24-16-5-3-4-15(20)18(16)21/h3-12H,1-2H3,(H2,22,23,24,25). The monoisotopic (exact) mass is 388 g/mol. The maximum Gasteiger partial charge on any atom is 0.229 e. The molecule has 0 saturated heterocycles. The van der Waals surface area contributed by atoms with Gasteiger partial charge in [0, 0.05) is 11.9 Å². The van der Waals surface area contributed by atoms with Gasteiger partial charge in [-0.1, -0.05) is 29.3 Å². The molecule has 0 atom stereocenters. The van der Waals surface area contributed by atoms with Crippen molar-refractivity contribution in [3.8, 4) is 5.75 Å². The van der Waals surface area contributed by atoms with Crippen molar-refractivity contribution in [1.82, 2.24) is 9.97 Å². The van der Waals surface area contributed by atoms with Crippen LogP contribution in [-0.2, 0) is 0 Å². The Labute approximate surface area is 162 Å². The first-order valence-corrected chi connectivity index (χ1v) is 8.84. The van der Waals surface area contributed by atoms with E-state index in [0.717, 1.165) is 11.4 Å². The Balaban J connectivity index is 1.72. The molecule has 1 aromatic heterocycles. The third kappa shape index (κ3) is 4.77. The van der Waals surface area contributed by atoms with Crippen molar-refractivity contribution in [2.45, 2.75) is 20.0 Å². The number of hydrogen-bond donors (Lipinski definition) is 2. The number of benzene rings is 2. The number of nitrogens with zero attached hydrogens (tertiary/aromatic N) is 2. The fraction of sp³-hybridized carbons (Fsp3) is 0.158. The molecule has 0 bridgehead atoms. The second-order valence-electron chi connectivity index (χ2n) is 5.81. The molecular weight excluding hydrogens is 371 g/mol. The first-order valence-electron chi connectivity index (χ1n) is 8.09. The Morgan fingerprint density at radius 1 is 0.962 bits per heavy atom. The molecule has 0 fully saturated rings. The van der Waals surface area contributed by atoms with Crippen molar-refractivity contribution < 1.29 is 4.74 Å². The minimum absolute atomic E-state index is 0.141. The van der Waals surface area contributed by atoms with E-state index in [-0.39, 0.29) is 6.10 Å². The number of hydrogen-bond acceptors (Lipinski definition) is 5. The van der Waals surface area contributed by atoms with Gasteiger partial charge in [0.25, 0.3) is 0 Å². The lowest BCUT2D eigenvalue weighted by atomic mass is 10.3. The normalized spacial score (nSPS) is 10.7. The molecule has 2 N–H and O–H groups in total. The highest BCUT2D eigenvalue weighted by atomic mass is 35.5. The average Bonchev–Trinajstić information content (AvgIpc) is 2.61. The van der Waals surface area contributed by atoms with Gasteiger partial charge >= 0.3 is 0 Å². The summed E-state index contributed by atoms with van der Waals surface area (Å²) in [5.41, 5.74) is 1.54. The first-order chi connectivity index (χ1) is 12.5. The summed E-state index contributed by atoms with van der Waals surface area (Å²) in [4.78, 5) is 8.65. The third-order valence-electron chi connectivity index (χ3n) is 3.35. The minimum Gasteiger partial charge on any atom is -0.491 e. The van der Waals surface area contributed by atoms with Gasteiger partial charge in [0.1, 0.15) is 11.6 Å². The molecule has 0 spiro atoms. The summed E-state index contributed by atoms with van der Waals surface area (Å²) in [5.74, 6) is 1.89. The van der Waals surface area contributed by atoms with E-state index in [2.05, 4.69) is 20.6 Å². The molecule has 3 aromatic rings. The van der Waals surface area contributed by atoms with Crippen molar-refractivity contribution >= 4 is 46.3 Å². The molecule has 134 valence electrons. The molecular formula is C19H18Cl2N4O. The van der Waals surface area contributed by atoms with E-state index in [4.69, 9.17) is 27.9 Å². The van der Waals surface area contributed by atoms with Gasteiger partial charge in [-0.05, 0) is 56.3 Å². The molecule has 0 saturated carbocycles. The van der Waals surface area contributed by atoms with Crippen LogP contribution in [0.5, 0.6) is 5.75 Å². The largest absolute Gasteiger partial charge is 0.491 e. The molecule has 0 aliphatic carbocycles. The zero-order valence-corrected chi connectivity index (χ0v) is 15.8. The minimum atomic E-state index is 0.141. The van der Waals surface area contributed by atoms with E-state index in [1.807, 2.05) is 44.2 Å². The van der Waals surface area contributed by atoms with Gasteiger partial charge in [-0.15, -0.1) is 0 Å². The van der Waals surface area contributed by atoms with Crippen LogP contribution in [0.25, 0.3) is 0 Å². The van der Waals surface area contributed by atoms with Gasteiger partial charge in [0.15, 0.2) is 0 Å². The summed E-state index contributed by atoms with van der Waals surface area (Å²) in [6, 6.07) is 14.8. The Kier molecular flexibility index (Phi) is 5.81. The van der Waals surface area contributed by atoms with E-state index in [1.54, 1.807) is 24.4 Å². The molecule has 1 heterocycles. The number of nitrogens with one attached hydrogen (secondary N) is 2. The summed E-state index contributed by atoms with van der Waals surface area (Å²) in [7, 11) is 0. The Hall–Kier alpha value is -2.50. The van der Waals surface area contributed by atoms with Crippen LogP contribution in [0, 0.1) is 0 Å². The third-order valence-corrected chi connectivity index (χ3v) is 4.17. The van der Waals surface area contributed by atoms with Crippen molar-refractivity contribution in [3.63, 3.8) is 0 Å². The van der Waals surface area contributed by atoms with Crippen LogP contribution >= 0.6 is 23.2 Å². The molecule has 7 heteroatoms. The smallest absolute Gasteiger partial charge is 0.229 e. The number of anilines is 4. The second kappa shape index (κ2) is 8.25. The number of aromatic nitrogens is 2. The van der Waals surface area contributed by atoms with Gasteiger partial charge in [-0.25, -0.2) is 4.98 Å². The van der Waals surface area contributed by atoms with E-state index < -0.39 is 0 Å². The Morgan fingerprint density at radius 3 is 2.46 bits per heavy atom. The van der Waals surface area contributed by atoms with Gasteiger partial charge < -0.3 is 15.4 Å². The first kappa shape index (κ1) is 18.3. The van der Waals surface area contributed by atoms with E-state index in [0.29, 0.717) is 27.5 Å². The van der Waals surface area contributed by atoms with Gasteiger partial charge in [0.2, 0.25) is 5.95 Å². The maximum atomic E-state index is 6.19. The molecule has 0 radical (unpaired) electrons. The molecule has 3 rings (SSSR count). The topological polar surface area (TPSA) is 59.1 Å². The molecule has 0 amide bonds. The highest BCUT2D eigenvalue weighted by molar-refractivity contribution is 6.43. The van der Waals surface area contributed by atoms with Crippen molar-refractivity contribution in [2.75, 3.05) is 10.6 Å².